The van der Waals surface area contributed by atoms with Crippen molar-refractivity contribution in [2.45, 2.75) is 12.0 Å². The Labute approximate surface area is 178 Å². The van der Waals surface area contributed by atoms with Gasteiger partial charge in [0.25, 0.3) is 5.91 Å². The summed E-state index contributed by atoms with van der Waals surface area (Å²) >= 11 is 6.72. The summed E-state index contributed by atoms with van der Waals surface area (Å²) in [5.41, 5.74) is 4.22. The Balaban J connectivity index is 1.75. The highest BCUT2D eigenvalue weighted by Gasteiger charge is 2.38. The van der Waals surface area contributed by atoms with E-state index in [0.29, 0.717) is 5.56 Å². The molecule has 0 unspecified atom stereocenters. The zero-order valence-corrected chi connectivity index (χ0v) is 17.7. The van der Waals surface area contributed by atoms with Crippen molar-refractivity contribution in [3.63, 3.8) is 0 Å². The highest BCUT2D eigenvalue weighted by atomic mass is 79.9. The summed E-state index contributed by atoms with van der Waals surface area (Å²) in [6, 6.07) is 19.5. The first-order valence-electron chi connectivity index (χ1n) is 8.63. The fourth-order valence-electron chi connectivity index (χ4n) is 3.75. The summed E-state index contributed by atoms with van der Waals surface area (Å²) in [6.45, 7) is 0. The van der Waals surface area contributed by atoms with Crippen molar-refractivity contribution in [2.75, 3.05) is 0 Å². The maximum atomic E-state index is 12.8. The topological polar surface area (TPSA) is 66.4 Å². The summed E-state index contributed by atoms with van der Waals surface area (Å²) in [5.74, 6) is -1.96. The molecule has 0 radical (unpaired) electrons. The van der Waals surface area contributed by atoms with Crippen molar-refractivity contribution in [1.29, 1.82) is 0 Å². The Morgan fingerprint density at radius 3 is 1.86 bits per heavy atom. The molecule has 0 saturated heterocycles. The van der Waals surface area contributed by atoms with Gasteiger partial charge in [0.15, 0.2) is 0 Å². The lowest BCUT2D eigenvalue weighted by Gasteiger charge is -2.23. The predicted molar refractivity (Wildman–Crippen MR) is 114 cm³/mol. The van der Waals surface area contributed by atoms with Gasteiger partial charge in [-0.05, 0) is 40.5 Å². The first kappa shape index (κ1) is 18.9. The number of hydrogen-bond acceptors (Lipinski definition) is 2. The van der Waals surface area contributed by atoms with Crippen LogP contribution in [0.5, 0.6) is 0 Å². The number of carbonyl (C=O) groups excluding carboxylic acids is 1. The molecule has 4 rings (SSSR count). The van der Waals surface area contributed by atoms with Gasteiger partial charge >= 0.3 is 5.97 Å². The molecule has 0 fully saturated rings. The van der Waals surface area contributed by atoms with Gasteiger partial charge in [0, 0.05) is 20.4 Å². The molecule has 6 heteroatoms. The van der Waals surface area contributed by atoms with Gasteiger partial charge in [0.1, 0.15) is 6.04 Å². The Hall–Kier alpha value is -2.44. The average molecular weight is 501 g/mol. The molecule has 1 atom stereocenters. The number of carboxylic acid groups (broad SMARTS) is 1. The van der Waals surface area contributed by atoms with E-state index in [2.05, 4.69) is 37.2 Å². The molecule has 0 heterocycles. The van der Waals surface area contributed by atoms with Crippen LogP contribution in [0.4, 0.5) is 0 Å². The highest BCUT2D eigenvalue weighted by molar-refractivity contribution is 9.11. The van der Waals surface area contributed by atoms with Crippen LogP contribution in [0.15, 0.2) is 75.7 Å². The van der Waals surface area contributed by atoms with Crippen molar-refractivity contribution in [3.05, 3.63) is 92.4 Å². The van der Waals surface area contributed by atoms with Crippen LogP contribution in [0.1, 0.15) is 27.4 Å². The number of aliphatic carboxylic acids is 1. The third-order valence-electron chi connectivity index (χ3n) is 4.89. The van der Waals surface area contributed by atoms with Crippen LogP contribution in [-0.4, -0.2) is 23.0 Å². The standard InChI is InChI=1S/C22H15Br2NO3/c23-13-9-12(10-14(24)11-13)21(26)25-20(22(27)28)19-17-7-3-1-5-15(17)16-6-2-4-8-18(16)19/h1-11,19-20H,(H,25,26)(H,27,28)/t20-/m1/s1. The van der Waals surface area contributed by atoms with E-state index >= 15 is 0 Å². The van der Waals surface area contributed by atoms with E-state index in [0.717, 1.165) is 31.2 Å². The molecule has 140 valence electrons. The molecule has 1 amide bonds. The van der Waals surface area contributed by atoms with Gasteiger partial charge in [0.05, 0.1) is 0 Å². The fraction of sp³-hybridized carbons (Fsp3) is 0.0909. The van der Waals surface area contributed by atoms with Crippen molar-refractivity contribution in [2.24, 2.45) is 0 Å². The van der Waals surface area contributed by atoms with Gasteiger partial charge in [-0.2, -0.15) is 0 Å². The summed E-state index contributed by atoms with van der Waals surface area (Å²) < 4.78 is 1.46. The van der Waals surface area contributed by atoms with Crippen molar-refractivity contribution >= 4 is 43.7 Å². The summed E-state index contributed by atoms with van der Waals surface area (Å²) in [6.07, 6.45) is 0. The maximum Gasteiger partial charge on any atom is 0.327 e. The van der Waals surface area contributed by atoms with E-state index in [1.807, 2.05) is 54.6 Å². The second kappa shape index (κ2) is 7.53. The van der Waals surface area contributed by atoms with Crippen molar-refractivity contribution < 1.29 is 14.7 Å². The van der Waals surface area contributed by atoms with Crippen LogP contribution in [0.25, 0.3) is 11.1 Å². The molecule has 0 aliphatic heterocycles. The van der Waals surface area contributed by atoms with Gasteiger partial charge in [-0.25, -0.2) is 4.79 Å². The lowest BCUT2D eigenvalue weighted by atomic mass is 9.89. The third kappa shape index (κ3) is 3.38. The van der Waals surface area contributed by atoms with E-state index < -0.39 is 23.8 Å². The zero-order chi connectivity index (χ0) is 19.8. The highest BCUT2D eigenvalue weighted by Crippen LogP contribution is 2.46. The summed E-state index contributed by atoms with van der Waals surface area (Å²) in [5, 5.41) is 12.7. The van der Waals surface area contributed by atoms with E-state index in [1.54, 1.807) is 12.1 Å². The monoisotopic (exact) mass is 499 g/mol. The van der Waals surface area contributed by atoms with Gasteiger partial charge in [-0.1, -0.05) is 80.4 Å². The Morgan fingerprint density at radius 2 is 1.36 bits per heavy atom. The van der Waals surface area contributed by atoms with Crippen molar-refractivity contribution in [3.8, 4) is 11.1 Å². The molecule has 0 saturated carbocycles. The van der Waals surface area contributed by atoms with Crippen LogP contribution >= 0.6 is 31.9 Å². The molecule has 0 aromatic heterocycles. The average Bonchev–Trinajstić information content (AvgIpc) is 2.99. The van der Waals surface area contributed by atoms with Gasteiger partial charge in [-0.15, -0.1) is 0 Å². The fourth-order valence-corrected chi connectivity index (χ4v) is 5.04. The SMILES string of the molecule is O=C(N[C@@H](C(=O)O)C1c2ccccc2-c2ccccc21)c1cc(Br)cc(Br)c1. The second-order valence-electron chi connectivity index (χ2n) is 6.60. The van der Waals surface area contributed by atoms with Crippen LogP contribution in [0, 0.1) is 0 Å². The largest absolute Gasteiger partial charge is 0.480 e. The predicted octanol–water partition coefficient (Wildman–Crippen LogP) is 5.21. The zero-order valence-electron chi connectivity index (χ0n) is 14.5. The maximum absolute atomic E-state index is 12.8. The van der Waals surface area contributed by atoms with Crippen LogP contribution < -0.4 is 5.32 Å². The van der Waals surface area contributed by atoms with Crippen LogP contribution in [0.2, 0.25) is 0 Å². The van der Waals surface area contributed by atoms with Gasteiger partial charge in [-0.3, -0.25) is 4.79 Å². The molecule has 1 aliphatic carbocycles. The first-order chi connectivity index (χ1) is 13.5. The van der Waals surface area contributed by atoms with Gasteiger partial charge in [0.2, 0.25) is 0 Å². The quantitative estimate of drug-likeness (QED) is 0.517. The Kier molecular flexibility index (Phi) is 5.08. The number of amides is 1. The minimum Gasteiger partial charge on any atom is -0.480 e. The molecule has 3 aromatic rings. The van der Waals surface area contributed by atoms with E-state index in [4.69, 9.17) is 0 Å². The Bertz CT molecular complexity index is 1030. The number of carboxylic acids is 1. The minimum absolute atomic E-state index is 0.382. The molecule has 2 N–H and O–H groups in total. The first-order valence-corrected chi connectivity index (χ1v) is 10.2. The van der Waals surface area contributed by atoms with Crippen molar-refractivity contribution in [1.82, 2.24) is 5.32 Å². The minimum atomic E-state index is -1.09. The molecular formula is C22H15Br2NO3. The van der Waals surface area contributed by atoms with Crippen LogP contribution in [-0.2, 0) is 4.79 Å². The number of hydrogen-bond donors (Lipinski definition) is 2. The smallest absolute Gasteiger partial charge is 0.327 e. The number of halogens is 2. The third-order valence-corrected chi connectivity index (χ3v) is 5.81. The number of rotatable bonds is 4. The molecule has 0 bridgehead atoms. The van der Waals surface area contributed by atoms with E-state index in [-0.39, 0.29) is 0 Å². The second-order valence-corrected chi connectivity index (χ2v) is 8.43. The normalized spacial score (nSPS) is 13.5. The van der Waals surface area contributed by atoms with E-state index in [9.17, 15) is 14.7 Å². The van der Waals surface area contributed by atoms with E-state index in [1.165, 1.54) is 0 Å². The number of nitrogens with one attached hydrogen (secondary N) is 1. The lowest BCUT2D eigenvalue weighted by Crippen LogP contribution is -2.44. The molecule has 28 heavy (non-hydrogen) atoms. The molecule has 1 aliphatic rings. The summed E-state index contributed by atoms with van der Waals surface area (Å²) in [7, 11) is 0. The summed E-state index contributed by atoms with van der Waals surface area (Å²) in [4.78, 5) is 25.0. The molecular weight excluding hydrogens is 486 g/mol. The van der Waals surface area contributed by atoms with Gasteiger partial charge < -0.3 is 10.4 Å². The lowest BCUT2D eigenvalue weighted by molar-refractivity contribution is -0.139. The number of benzene rings is 3. The molecule has 4 nitrogen and oxygen atoms in total. The Morgan fingerprint density at radius 1 is 0.857 bits per heavy atom. The van der Waals surface area contributed by atoms with Crippen LogP contribution in [0.3, 0.4) is 0 Å². The number of carbonyl (C=O) groups is 2. The molecule has 3 aromatic carbocycles. The molecule has 0 spiro atoms. The number of fused-ring (bicyclic) bond motifs is 3.